The molecular formula is C17H17ClN2O3. The molecule has 0 saturated heterocycles. The molecule has 2 rings (SSSR count). The van der Waals surface area contributed by atoms with Crippen LogP contribution >= 0.6 is 11.6 Å². The highest BCUT2D eigenvalue weighted by Gasteiger charge is 2.05. The Morgan fingerprint density at radius 2 is 1.83 bits per heavy atom. The predicted molar refractivity (Wildman–Crippen MR) is 89.6 cm³/mol. The molecule has 1 N–H and O–H groups in total. The molecule has 0 unspecified atom stereocenters. The first-order valence-corrected chi connectivity index (χ1v) is 7.67. The van der Waals surface area contributed by atoms with E-state index in [1.54, 1.807) is 18.2 Å². The van der Waals surface area contributed by atoms with Crippen LogP contribution in [0.3, 0.4) is 0 Å². The first kappa shape index (κ1) is 17.0. The van der Waals surface area contributed by atoms with Gasteiger partial charge in [0, 0.05) is 30.1 Å². The number of amides is 1. The van der Waals surface area contributed by atoms with Crippen molar-refractivity contribution < 1.29 is 9.72 Å². The number of nitrogens with zero attached hydrogens (tertiary/aromatic N) is 1. The molecule has 0 heterocycles. The molecule has 0 aliphatic rings. The van der Waals surface area contributed by atoms with Crippen LogP contribution in [0.5, 0.6) is 0 Å². The number of halogens is 1. The highest BCUT2D eigenvalue weighted by atomic mass is 35.5. The minimum Gasteiger partial charge on any atom is -0.356 e. The average molecular weight is 333 g/mol. The molecule has 0 fully saturated rings. The zero-order valence-corrected chi connectivity index (χ0v) is 13.3. The van der Waals surface area contributed by atoms with Crippen LogP contribution in [-0.2, 0) is 17.6 Å². The lowest BCUT2D eigenvalue weighted by atomic mass is 10.1. The summed E-state index contributed by atoms with van der Waals surface area (Å²) in [5, 5.41) is 14.1. The van der Waals surface area contributed by atoms with Crippen LogP contribution in [0.25, 0.3) is 0 Å². The quantitative estimate of drug-likeness (QED) is 0.622. The molecule has 23 heavy (non-hydrogen) atoms. The van der Waals surface area contributed by atoms with E-state index in [0.29, 0.717) is 30.8 Å². The summed E-state index contributed by atoms with van der Waals surface area (Å²) >= 11 is 5.90. The summed E-state index contributed by atoms with van der Waals surface area (Å²) < 4.78 is 0. The fraction of sp³-hybridized carbons (Fsp3) is 0.235. The number of benzene rings is 2. The molecule has 0 atom stereocenters. The van der Waals surface area contributed by atoms with Crippen LogP contribution in [0, 0.1) is 10.1 Å². The Balaban J connectivity index is 1.71. The Hall–Kier alpha value is -2.40. The number of carbonyl (C=O) groups is 1. The molecule has 0 saturated carbocycles. The zero-order chi connectivity index (χ0) is 16.7. The fourth-order valence-corrected chi connectivity index (χ4v) is 2.38. The van der Waals surface area contributed by atoms with Crippen LogP contribution < -0.4 is 5.32 Å². The SMILES string of the molecule is O=C(CCc1cccc(Cl)c1)NCCc1ccc([N+](=O)[O-])cc1. The van der Waals surface area contributed by atoms with E-state index in [2.05, 4.69) is 5.32 Å². The van der Waals surface area contributed by atoms with Gasteiger partial charge in [0.25, 0.3) is 5.69 Å². The van der Waals surface area contributed by atoms with Gasteiger partial charge in [0.05, 0.1) is 4.92 Å². The van der Waals surface area contributed by atoms with E-state index in [1.165, 1.54) is 12.1 Å². The number of rotatable bonds is 7. The topological polar surface area (TPSA) is 72.2 Å². The molecular weight excluding hydrogens is 316 g/mol. The number of nitro benzene ring substituents is 1. The third kappa shape index (κ3) is 5.71. The highest BCUT2D eigenvalue weighted by molar-refractivity contribution is 6.30. The van der Waals surface area contributed by atoms with Crippen molar-refractivity contribution in [1.82, 2.24) is 5.32 Å². The van der Waals surface area contributed by atoms with Crippen LogP contribution in [0.1, 0.15) is 17.5 Å². The third-order valence-corrected chi connectivity index (χ3v) is 3.65. The van der Waals surface area contributed by atoms with E-state index in [0.717, 1.165) is 11.1 Å². The van der Waals surface area contributed by atoms with Crippen LogP contribution in [-0.4, -0.2) is 17.4 Å². The number of non-ortho nitro benzene ring substituents is 1. The van der Waals surface area contributed by atoms with Gasteiger partial charge in [-0.1, -0.05) is 35.9 Å². The average Bonchev–Trinajstić information content (AvgIpc) is 2.53. The van der Waals surface area contributed by atoms with Crippen molar-refractivity contribution in [1.29, 1.82) is 0 Å². The van der Waals surface area contributed by atoms with Gasteiger partial charge >= 0.3 is 0 Å². The molecule has 0 radical (unpaired) electrons. The van der Waals surface area contributed by atoms with Gasteiger partial charge in [0.15, 0.2) is 0 Å². The van der Waals surface area contributed by atoms with Crippen LogP contribution in [0.2, 0.25) is 5.02 Å². The molecule has 120 valence electrons. The number of carbonyl (C=O) groups excluding carboxylic acids is 1. The number of aryl methyl sites for hydroxylation is 1. The molecule has 0 spiro atoms. The first-order chi connectivity index (χ1) is 11.0. The van der Waals surface area contributed by atoms with Crippen molar-refractivity contribution >= 4 is 23.2 Å². The summed E-state index contributed by atoms with van der Waals surface area (Å²) in [6, 6.07) is 13.8. The molecule has 0 bridgehead atoms. The van der Waals surface area contributed by atoms with Gasteiger partial charge in [0.2, 0.25) is 5.91 Å². The Morgan fingerprint density at radius 3 is 2.48 bits per heavy atom. The van der Waals surface area contributed by atoms with Gasteiger partial charge in [-0.05, 0) is 36.1 Å². The normalized spacial score (nSPS) is 10.3. The molecule has 2 aromatic carbocycles. The molecule has 5 nitrogen and oxygen atoms in total. The summed E-state index contributed by atoms with van der Waals surface area (Å²) in [6.07, 6.45) is 1.69. The maximum absolute atomic E-state index is 11.8. The number of hydrogen-bond donors (Lipinski definition) is 1. The molecule has 0 aromatic heterocycles. The van der Waals surface area contributed by atoms with Crippen molar-refractivity contribution in [3.05, 3.63) is 74.8 Å². The summed E-state index contributed by atoms with van der Waals surface area (Å²) in [5.74, 6) is -0.0214. The Kier molecular flexibility index (Phi) is 6.11. The lowest BCUT2D eigenvalue weighted by molar-refractivity contribution is -0.384. The largest absolute Gasteiger partial charge is 0.356 e. The summed E-state index contributed by atoms with van der Waals surface area (Å²) in [4.78, 5) is 21.9. The molecule has 2 aromatic rings. The van der Waals surface area contributed by atoms with Gasteiger partial charge in [-0.2, -0.15) is 0 Å². The smallest absolute Gasteiger partial charge is 0.269 e. The lowest BCUT2D eigenvalue weighted by Crippen LogP contribution is -2.25. The Morgan fingerprint density at radius 1 is 1.09 bits per heavy atom. The van der Waals surface area contributed by atoms with Gasteiger partial charge in [0.1, 0.15) is 0 Å². The monoisotopic (exact) mass is 332 g/mol. The van der Waals surface area contributed by atoms with Crippen molar-refractivity contribution in [2.45, 2.75) is 19.3 Å². The second-order valence-corrected chi connectivity index (χ2v) is 5.59. The second kappa shape index (κ2) is 8.29. The van der Waals surface area contributed by atoms with Crippen molar-refractivity contribution in [2.24, 2.45) is 0 Å². The maximum atomic E-state index is 11.8. The number of nitrogens with one attached hydrogen (secondary N) is 1. The van der Waals surface area contributed by atoms with E-state index in [9.17, 15) is 14.9 Å². The van der Waals surface area contributed by atoms with Gasteiger partial charge < -0.3 is 5.32 Å². The van der Waals surface area contributed by atoms with E-state index >= 15 is 0 Å². The summed E-state index contributed by atoms with van der Waals surface area (Å²) in [5.41, 5.74) is 2.05. The fourth-order valence-electron chi connectivity index (χ4n) is 2.17. The molecule has 0 aliphatic heterocycles. The first-order valence-electron chi connectivity index (χ1n) is 7.29. The minimum atomic E-state index is -0.429. The lowest BCUT2D eigenvalue weighted by Gasteiger charge is -2.06. The van der Waals surface area contributed by atoms with Crippen LogP contribution in [0.4, 0.5) is 5.69 Å². The van der Waals surface area contributed by atoms with Crippen molar-refractivity contribution in [3.63, 3.8) is 0 Å². The molecule has 0 aliphatic carbocycles. The summed E-state index contributed by atoms with van der Waals surface area (Å²) in [7, 11) is 0. The number of hydrogen-bond acceptors (Lipinski definition) is 3. The van der Waals surface area contributed by atoms with Crippen LogP contribution in [0.15, 0.2) is 48.5 Å². The number of nitro groups is 1. The van der Waals surface area contributed by atoms with Gasteiger partial charge in [-0.15, -0.1) is 0 Å². The van der Waals surface area contributed by atoms with E-state index < -0.39 is 4.92 Å². The molecule has 1 amide bonds. The zero-order valence-electron chi connectivity index (χ0n) is 12.5. The Bertz CT molecular complexity index is 686. The van der Waals surface area contributed by atoms with Gasteiger partial charge in [-0.3, -0.25) is 14.9 Å². The minimum absolute atomic E-state index is 0.0214. The third-order valence-electron chi connectivity index (χ3n) is 3.41. The maximum Gasteiger partial charge on any atom is 0.269 e. The molecule has 6 heteroatoms. The van der Waals surface area contributed by atoms with E-state index in [-0.39, 0.29) is 11.6 Å². The van der Waals surface area contributed by atoms with Gasteiger partial charge in [-0.25, -0.2) is 0 Å². The second-order valence-electron chi connectivity index (χ2n) is 5.15. The Labute approximate surface area is 139 Å². The van der Waals surface area contributed by atoms with E-state index in [4.69, 9.17) is 11.6 Å². The highest BCUT2D eigenvalue weighted by Crippen LogP contribution is 2.13. The predicted octanol–water partition coefficient (Wildman–Crippen LogP) is 3.54. The van der Waals surface area contributed by atoms with Crippen molar-refractivity contribution in [3.8, 4) is 0 Å². The van der Waals surface area contributed by atoms with E-state index in [1.807, 2.05) is 18.2 Å². The summed E-state index contributed by atoms with van der Waals surface area (Å²) in [6.45, 7) is 0.506. The van der Waals surface area contributed by atoms with Crippen molar-refractivity contribution in [2.75, 3.05) is 6.54 Å². The standard InChI is InChI=1S/C17H17ClN2O3/c18-15-3-1-2-14(12-15)6-9-17(21)19-11-10-13-4-7-16(8-5-13)20(22)23/h1-5,7-8,12H,6,9-11H2,(H,19,21).